The largest absolute Gasteiger partial charge is 0.312 e. The Morgan fingerprint density at radius 2 is 1.35 bits per heavy atom. The molecule has 0 saturated carbocycles. The van der Waals surface area contributed by atoms with Crippen molar-refractivity contribution >= 4 is 11.6 Å². The Bertz CT molecular complexity index is 168. The first-order valence-electron chi connectivity index (χ1n) is 7.31. The number of hydrogen-bond acceptors (Lipinski definition) is 1. The molecule has 0 aromatic rings. The summed E-state index contributed by atoms with van der Waals surface area (Å²) < 4.78 is 0. The number of halogens is 1. The van der Waals surface area contributed by atoms with Crippen LogP contribution in [-0.2, 0) is 0 Å². The lowest BCUT2D eigenvalue weighted by molar-refractivity contribution is 0.548. The lowest BCUT2D eigenvalue weighted by Gasteiger charge is -2.04. The minimum Gasteiger partial charge on any atom is -0.312 e. The second-order valence-electron chi connectivity index (χ2n) is 4.88. The van der Waals surface area contributed by atoms with Gasteiger partial charge in [0, 0.05) is 11.6 Å². The number of hydrogen-bond donors (Lipinski definition) is 1. The summed E-state index contributed by atoms with van der Waals surface area (Å²) in [5, 5.41) is 3.98. The lowest BCUT2D eigenvalue weighted by Crippen LogP contribution is -2.16. The summed E-state index contributed by atoms with van der Waals surface area (Å²) in [7, 11) is 0. The third-order valence-electron chi connectivity index (χ3n) is 3.02. The molecule has 0 amide bonds. The molecule has 0 aromatic heterocycles. The molecular weight excluding hydrogens is 230 g/mol. The van der Waals surface area contributed by atoms with Crippen LogP contribution in [0.25, 0.3) is 0 Å². The Kier molecular flexibility index (Phi) is 14.0. The average molecular weight is 260 g/mol. The summed E-state index contributed by atoms with van der Waals surface area (Å²) in [5.41, 5.74) is 0. The SMILES string of the molecule is C=C(Cl)CNCCCCCCCCCCCC. The van der Waals surface area contributed by atoms with Gasteiger partial charge in [-0.25, -0.2) is 0 Å². The van der Waals surface area contributed by atoms with Gasteiger partial charge in [-0.3, -0.25) is 0 Å². The molecule has 0 aliphatic carbocycles. The molecule has 17 heavy (non-hydrogen) atoms. The van der Waals surface area contributed by atoms with Crippen molar-refractivity contribution in [1.29, 1.82) is 0 Å². The van der Waals surface area contributed by atoms with E-state index in [2.05, 4.69) is 18.8 Å². The summed E-state index contributed by atoms with van der Waals surface area (Å²) in [6.45, 7) is 7.74. The van der Waals surface area contributed by atoms with E-state index in [4.69, 9.17) is 11.6 Å². The minimum atomic E-state index is 0.706. The van der Waals surface area contributed by atoms with Gasteiger partial charge in [0.1, 0.15) is 0 Å². The molecule has 2 heteroatoms. The predicted octanol–water partition coefficient (Wildman–Crippen LogP) is 5.25. The summed E-state index contributed by atoms with van der Waals surface area (Å²) in [4.78, 5) is 0. The third-order valence-corrected chi connectivity index (χ3v) is 3.16. The van der Waals surface area contributed by atoms with Gasteiger partial charge in [-0.2, -0.15) is 0 Å². The van der Waals surface area contributed by atoms with E-state index in [1.165, 1.54) is 64.2 Å². The third kappa shape index (κ3) is 16.0. The summed E-state index contributed by atoms with van der Waals surface area (Å²) in [6.07, 6.45) is 13.9. The molecule has 0 aliphatic heterocycles. The molecule has 0 aliphatic rings. The second-order valence-corrected chi connectivity index (χ2v) is 5.41. The van der Waals surface area contributed by atoms with E-state index in [9.17, 15) is 0 Å². The van der Waals surface area contributed by atoms with Gasteiger partial charge in [0.15, 0.2) is 0 Å². The van der Waals surface area contributed by atoms with E-state index < -0.39 is 0 Å². The smallest absolute Gasteiger partial charge is 0.0307 e. The normalized spacial score (nSPS) is 10.7. The van der Waals surface area contributed by atoms with Crippen molar-refractivity contribution < 1.29 is 0 Å². The zero-order valence-corrected chi connectivity index (χ0v) is 12.3. The first-order chi connectivity index (χ1) is 8.27. The fourth-order valence-corrected chi connectivity index (χ4v) is 2.06. The van der Waals surface area contributed by atoms with E-state index in [0.717, 1.165) is 13.1 Å². The van der Waals surface area contributed by atoms with Gasteiger partial charge < -0.3 is 5.32 Å². The molecule has 0 atom stereocenters. The van der Waals surface area contributed by atoms with Crippen LogP contribution in [0.1, 0.15) is 71.1 Å². The summed E-state index contributed by atoms with van der Waals surface area (Å²) in [5.74, 6) is 0. The Hall–Kier alpha value is -0.0100. The van der Waals surface area contributed by atoms with E-state index in [-0.39, 0.29) is 0 Å². The van der Waals surface area contributed by atoms with Crippen LogP contribution in [-0.4, -0.2) is 13.1 Å². The van der Waals surface area contributed by atoms with Crippen LogP contribution < -0.4 is 5.32 Å². The molecule has 0 spiro atoms. The highest BCUT2D eigenvalue weighted by atomic mass is 35.5. The van der Waals surface area contributed by atoms with Gasteiger partial charge in [0.25, 0.3) is 0 Å². The monoisotopic (exact) mass is 259 g/mol. The van der Waals surface area contributed by atoms with Crippen LogP contribution in [0.2, 0.25) is 0 Å². The van der Waals surface area contributed by atoms with Gasteiger partial charge in [-0.05, 0) is 13.0 Å². The van der Waals surface area contributed by atoms with Crippen LogP contribution in [0.15, 0.2) is 11.6 Å². The highest BCUT2D eigenvalue weighted by Gasteiger charge is 1.93. The first kappa shape index (κ1) is 17.0. The Morgan fingerprint density at radius 3 is 1.82 bits per heavy atom. The van der Waals surface area contributed by atoms with Gasteiger partial charge in [-0.15, -0.1) is 0 Å². The molecule has 0 rings (SSSR count). The average Bonchev–Trinajstić information content (AvgIpc) is 2.30. The quantitative estimate of drug-likeness (QED) is 0.446. The van der Waals surface area contributed by atoms with Crippen molar-refractivity contribution in [3.05, 3.63) is 11.6 Å². The molecule has 0 heterocycles. The van der Waals surface area contributed by atoms with Crippen molar-refractivity contribution in [2.24, 2.45) is 0 Å². The second kappa shape index (κ2) is 14.1. The molecule has 0 bridgehead atoms. The predicted molar refractivity (Wildman–Crippen MR) is 79.7 cm³/mol. The molecule has 1 nitrogen and oxygen atoms in total. The molecule has 0 saturated heterocycles. The molecule has 0 fully saturated rings. The fourth-order valence-electron chi connectivity index (χ4n) is 1.96. The van der Waals surface area contributed by atoms with E-state index in [1.54, 1.807) is 0 Å². The highest BCUT2D eigenvalue weighted by molar-refractivity contribution is 6.29. The van der Waals surface area contributed by atoms with Crippen molar-refractivity contribution in [2.45, 2.75) is 71.1 Å². The summed E-state index contributed by atoms with van der Waals surface area (Å²) >= 11 is 5.65. The number of rotatable bonds is 13. The minimum absolute atomic E-state index is 0.706. The van der Waals surface area contributed by atoms with Crippen molar-refractivity contribution in [1.82, 2.24) is 5.32 Å². The molecular formula is C15H30ClN. The van der Waals surface area contributed by atoms with Gasteiger partial charge >= 0.3 is 0 Å². The van der Waals surface area contributed by atoms with Crippen molar-refractivity contribution in [3.8, 4) is 0 Å². The van der Waals surface area contributed by atoms with E-state index >= 15 is 0 Å². The van der Waals surface area contributed by atoms with Gasteiger partial charge in [0.2, 0.25) is 0 Å². The molecule has 0 unspecified atom stereocenters. The fraction of sp³-hybridized carbons (Fsp3) is 0.867. The van der Waals surface area contributed by atoms with E-state index in [0.29, 0.717) is 5.03 Å². The number of unbranched alkanes of at least 4 members (excludes halogenated alkanes) is 9. The highest BCUT2D eigenvalue weighted by Crippen LogP contribution is 2.10. The van der Waals surface area contributed by atoms with Crippen LogP contribution in [0.5, 0.6) is 0 Å². The van der Waals surface area contributed by atoms with Crippen molar-refractivity contribution in [2.75, 3.05) is 13.1 Å². The van der Waals surface area contributed by atoms with Crippen LogP contribution >= 0.6 is 11.6 Å². The van der Waals surface area contributed by atoms with Crippen LogP contribution in [0.3, 0.4) is 0 Å². The summed E-state index contributed by atoms with van der Waals surface area (Å²) in [6, 6.07) is 0. The maximum Gasteiger partial charge on any atom is 0.0307 e. The zero-order valence-electron chi connectivity index (χ0n) is 11.6. The van der Waals surface area contributed by atoms with E-state index in [1.807, 2.05) is 0 Å². The first-order valence-corrected chi connectivity index (χ1v) is 7.69. The van der Waals surface area contributed by atoms with Crippen LogP contribution in [0, 0.1) is 0 Å². The zero-order chi connectivity index (χ0) is 12.8. The Morgan fingerprint density at radius 1 is 0.882 bits per heavy atom. The Balaban J connectivity index is 2.91. The maximum absolute atomic E-state index is 5.65. The van der Waals surface area contributed by atoms with Gasteiger partial charge in [0.05, 0.1) is 0 Å². The Labute approximate surface area is 113 Å². The molecule has 0 aromatic carbocycles. The van der Waals surface area contributed by atoms with Crippen LogP contribution in [0.4, 0.5) is 0 Å². The van der Waals surface area contributed by atoms with Crippen molar-refractivity contribution in [3.63, 3.8) is 0 Å². The lowest BCUT2D eigenvalue weighted by atomic mass is 10.1. The molecule has 102 valence electrons. The topological polar surface area (TPSA) is 12.0 Å². The molecule has 1 N–H and O–H groups in total. The maximum atomic E-state index is 5.65. The standard InChI is InChI=1S/C15H30ClN/c1-3-4-5-6-7-8-9-10-11-12-13-17-14-15(2)16/h17H,2-14H2,1H3. The molecule has 0 radical (unpaired) electrons. The van der Waals surface area contributed by atoms with Gasteiger partial charge in [-0.1, -0.05) is 82.9 Å². The number of nitrogens with one attached hydrogen (secondary N) is 1.